The summed E-state index contributed by atoms with van der Waals surface area (Å²) < 4.78 is 2.30. The number of nitrogens with one attached hydrogen (secondary N) is 1. The zero-order valence-electron chi connectivity index (χ0n) is 14.1. The van der Waals surface area contributed by atoms with Gasteiger partial charge in [-0.1, -0.05) is 18.2 Å². The highest BCUT2D eigenvalue weighted by Crippen LogP contribution is 2.32. The van der Waals surface area contributed by atoms with Crippen molar-refractivity contribution in [3.8, 4) is 0 Å². The molecule has 0 spiro atoms. The first kappa shape index (κ1) is 15.8. The number of pyridine rings is 1. The number of fused-ring (bicyclic) bond motifs is 1. The van der Waals surface area contributed by atoms with Gasteiger partial charge in [0.15, 0.2) is 5.11 Å². The summed E-state index contributed by atoms with van der Waals surface area (Å²) in [6, 6.07) is 16.7. The predicted molar refractivity (Wildman–Crippen MR) is 105 cm³/mol. The maximum atomic E-state index is 5.76. The van der Waals surface area contributed by atoms with Crippen LogP contribution in [-0.2, 0) is 6.54 Å². The van der Waals surface area contributed by atoms with Gasteiger partial charge in [-0.15, -0.1) is 0 Å². The van der Waals surface area contributed by atoms with Crippen molar-refractivity contribution in [2.24, 2.45) is 0 Å². The molecular formula is C20H20N4S. The van der Waals surface area contributed by atoms with Gasteiger partial charge in [0.1, 0.15) is 0 Å². The third-order valence-electron chi connectivity index (χ3n) is 4.57. The number of benzene rings is 1. The minimum Gasteiger partial charge on any atom is -0.348 e. The van der Waals surface area contributed by atoms with Crippen molar-refractivity contribution >= 4 is 23.0 Å². The van der Waals surface area contributed by atoms with Crippen molar-refractivity contribution in [2.75, 3.05) is 11.9 Å². The molecule has 1 aliphatic rings. The normalized spacial score (nSPS) is 16.4. The van der Waals surface area contributed by atoms with E-state index in [-0.39, 0.29) is 6.04 Å². The molecule has 3 aromatic rings. The number of aromatic nitrogens is 2. The number of thiocarbonyl (C=S) groups is 1. The first-order valence-electron chi connectivity index (χ1n) is 8.41. The molecule has 1 aromatic carbocycles. The summed E-state index contributed by atoms with van der Waals surface area (Å²) in [6.07, 6.45) is 5.86. The molecular weight excluding hydrogens is 328 g/mol. The Morgan fingerprint density at radius 1 is 1.16 bits per heavy atom. The van der Waals surface area contributed by atoms with E-state index in [1.165, 1.54) is 11.3 Å². The van der Waals surface area contributed by atoms with E-state index in [1.54, 1.807) is 6.20 Å². The van der Waals surface area contributed by atoms with Crippen LogP contribution >= 0.6 is 12.2 Å². The fraction of sp³-hybridized carbons (Fsp3) is 0.200. The first-order valence-corrected chi connectivity index (χ1v) is 8.82. The molecule has 1 aliphatic heterocycles. The molecule has 126 valence electrons. The van der Waals surface area contributed by atoms with Crippen molar-refractivity contribution in [1.29, 1.82) is 0 Å². The van der Waals surface area contributed by atoms with E-state index in [0.717, 1.165) is 29.5 Å². The van der Waals surface area contributed by atoms with Gasteiger partial charge in [-0.3, -0.25) is 4.98 Å². The summed E-state index contributed by atoms with van der Waals surface area (Å²) >= 11 is 5.76. The van der Waals surface area contributed by atoms with Crippen LogP contribution in [0.5, 0.6) is 0 Å². The molecule has 25 heavy (non-hydrogen) atoms. The minimum atomic E-state index is 0.0715. The molecule has 1 atom stereocenters. The number of anilines is 1. The summed E-state index contributed by atoms with van der Waals surface area (Å²) in [5.74, 6) is 0. The van der Waals surface area contributed by atoms with Crippen molar-refractivity contribution in [3.63, 3.8) is 0 Å². The zero-order chi connectivity index (χ0) is 17.2. The van der Waals surface area contributed by atoms with Crippen LogP contribution in [0.15, 0.2) is 67.1 Å². The Kier molecular flexibility index (Phi) is 4.24. The van der Waals surface area contributed by atoms with E-state index >= 15 is 0 Å². The fourth-order valence-electron chi connectivity index (χ4n) is 3.41. The Balaban J connectivity index is 1.66. The molecule has 0 unspecified atom stereocenters. The smallest absolute Gasteiger partial charge is 0.174 e. The van der Waals surface area contributed by atoms with Gasteiger partial charge in [-0.25, -0.2) is 0 Å². The first-order chi connectivity index (χ1) is 12.2. The molecule has 0 amide bonds. The van der Waals surface area contributed by atoms with Crippen molar-refractivity contribution in [1.82, 2.24) is 14.5 Å². The highest BCUT2D eigenvalue weighted by molar-refractivity contribution is 7.80. The highest BCUT2D eigenvalue weighted by Gasteiger charge is 2.30. The molecule has 1 N–H and O–H groups in total. The topological polar surface area (TPSA) is 33.1 Å². The molecule has 4 nitrogen and oxygen atoms in total. The molecule has 2 aromatic heterocycles. The van der Waals surface area contributed by atoms with E-state index in [2.05, 4.69) is 63.2 Å². The van der Waals surface area contributed by atoms with Crippen LogP contribution in [-0.4, -0.2) is 26.1 Å². The van der Waals surface area contributed by atoms with Crippen LogP contribution < -0.4 is 5.32 Å². The van der Waals surface area contributed by atoms with E-state index < -0.39 is 0 Å². The average Bonchev–Trinajstić information content (AvgIpc) is 3.10. The SMILES string of the molecule is Cc1cccc(NC(=S)N2CCn3cccc3[C@@H]2c2cccnc2)c1. The predicted octanol–water partition coefficient (Wildman–Crippen LogP) is 3.99. The lowest BCUT2D eigenvalue weighted by Gasteiger charge is -2.38. The lowest BCUT2D eigenvalue weighted by molar-refractivity contribution is 0.293. The molecule has 0 saturated carbocycles. The van der Waals surface area contributed by atoms with Gasteiger partial charge in [0.2, 0.25) is 0 Å². The highest BCUT2D eigenvalue weighted by atomic mass is 32.1. The Labute approximate surface area is 153 Å². The molecule has 0 aliphatic carbocycles. The van der Waals surface area contributed by atoms with E-state index in [9.17, 15) is 0 Å². The summed E-state index contributed by atoms with van der Waals surface area (Å²) in [5, 5.41) is 4.15. The Bertz CT molecular complexity index is 887. The van der Waals surface area contributed by atoms with Gasteiger partial charge < -0.3 is 14.8 Å². The van der Waals surface area contributed by atoms with Crippen LogP contribution in [0.3, 0.4) is 0 Å². The standard InChI is InChI=1S/C20H20N4S/c1-15-5-2-7-17(13-15)22-20(25)24-12-11-23-10-4-8-18(23)19(24)16-6-3-9-21-14-16/h2-10,13-14,19H,11-12H2,1H3,(H,22,25)/t19-/m0/s1. The van der Waals surface area contributed by atoms with Crippen LogP contribution in [0.4, 0.5) is 5.69 Å². The van der Waals surface area contributed by atoms with E-state index in [1.807, 2.05) is 24.4 Å². The monoisotopic (exact) mass is 348 g/mol. The van der Waals surface area contributed by atoms with Gasteiger partial charge in [0.05, 0.1) is 6.04 Å². The molecule has 5 heteroatoms. The molecule has 0 fully saturated rings. The van der Waals surface area contributed by atoms with E-state index in [0.29, 0.717) is 0 Å². The second-order valence-corrected chi connectivity index (χ2v) is 6.70. The van der Waals surface area contributed by atoms with Crippen LogP contribution in [0, 0.1) is 6.92 Å². The van der Waals surface area contributed by atoms with Crippen LogP contribution in [0.25, 0.3) is 0 Å². The summed E-state index contributed by atoms with van der Waals surface area (Å²) in [7, 11) is 0. The number of hydrogen-bond donors (Lipinski definition) is 1. The minimum absolute atomic E-state index is 0.0715. The summed E-state index contributed by atoms with van der Waals surface area (Å²) in [4.78, 5) is 6.56. The molecule has 0 saturated heterocycles. The lowest BCUT2D eigenvalue weighted by Crippen LogP contribution is -2.44. The lowest BCUT2D eigenvalue weighted by atomic mass is 10.0. The van der Waals surface area contributed by atoms with Gasteiger partial charge in [-0.05, 0) is 60.6 Å². The summed E-state index contributed by atoms with van der Waals surface area (Å²) in [6.45, 7) is 3.87. The zero-order valence-corrected chi connectivity index (χ0v) is 14.9. The van der Waals surface area contributed by atoms with Gasteiger partial charge in [0.25, 0.3) is 0 Å². The molecule has 0 radical (unpaired) electrons. The van der Waals surface area contributed by atoms with Crippen molar-refractivity contribution in [3.05, 3.63) is 83.9 Å². The second-order valence-electron chi connectivity index (χ2n) is 6.31. The van der Waals surface area contributed by atoms with Crippen molar-refractivity contribution in [2.45, 2.75) is 19.5 Å². The third-order valence-corrected chi connectivity index (χ3v) is 4.91. The maximum absolute atomic E-state index is 5.76. The molecule has 3 heterocycles. The number of rotatable bonds is 2. The Morgan fingerprint density at radius 3 is 2.88 bits per heavy atom. The summed E-state index contributed by atoms with van der Waals surface area (Å²) in [5.41, 5.74) is 4.63. The van der Waals surface area contributed by atoms with Crippen LogP contribution in [0.2, 0.25) is 0 Å². The fourth-order valence-corrected chi connectivity index (χ4v) is 3.72. The largest absolute Gasteiger partial charge is 0.348 e. The third kappa shape index (κ3) is 3.15. The molecule has 4 rings (SSSR count). The van der Waals surface area contributed by atoms with Gasteiger partial charge >= 0.3 is 0 Å². The maximum Gasteiger partial charge on any atom is 0.174 e. The molecule has 0 bridgehead atoms. The van der Waals surface area contributed by atoms with Gasteiger partial charge in [-0.2, -0.15) is 0 Å². The average molecular weight is 348 g/mol. The van der Waals surface area contributed by atoms with E-state index in [4.69, 9.17) is 12.2 Å². The number of nitrogens with zero attached hydrogens (tertiary/aromatic N) is 3. The quantitative estimate of drug-likeness (QED) is 0.710. The van der Waals surface area contributed by atoms with Gasteiger partial charge in [0, 0.05) is 43.1 Å². The Hall–Kier alpha value is -2.66. The Morgan fingerprint density at radius 2 is 2.08 bits per heavy atom. The number of hydrogen-bond acceptors (Lipinski definition) is 2. The van der Waals surface area contributed by atoms with Crippen LogP contribution in [0.1, 0.15) is 22.9 Å². The second kappa shape index (κ2) is 6.69. The number of aryl methyl sites for hydroxylation is 1. The van der Waals surface area contributed by atoms with Crippen molar-refractivity contribution < 1.29 is 0 Å².